The Morgan fingerprint density at radius 2 is 2.13 bits per heavy atom. The van der Waals surface area contributed by atoms with Crippen LogP contribution in [0.3, 0.4) is 0 Å². The van der Waals surface area contributed by atoms with E-state index in [0.29, 0.717) is 12.8 Å². The maximum Gasteiger partial charge on any atom is 0.335 e. The predicted molar refractivity (Wildman–Crippen MR) is 82.0 cm³/mol. The first-order valence-corrected chi connectivity index (χ1v) is 7.19. The van der Waals surface area contributed by atoms with E-state index in [4.69, 9.17) is 9.84 Å². The molecule has 1 aromatic rings. The highest BCUT2D eigenvalue weighted by molar-refractivity contribution is 5.99. The van der Waals surface area contributed by atoms with Crippen LogP contribution in [0.2, 0.25) is 0 Å². The molecule has 1 amide bonds. The van der Waals surface area contributed by atoms with E-state index in [1.807, 2.05) is 20.8 Å². The Labute approximate surface area is 133 Å². The zero-order valence-corrected chi connectivity index (χ0v) is 13.2. The Bertz CT molecular complexity index is 686. The molecule has 0 saturated heterocycles. The predicted octanol–water partition coefficient (Wildman–Crippen LogP) is 2.10. The van der Waals surface area contributed by atoms with Gasteiger partial charge >= 0.3 is 5.97 Å². The van der Waals surface area contributed by atoms with Crippen LogP contribution in [-0.4, -0.2) is 34.8 Å². The molecule has 2 rings (SSSR count). The van der Waals surface area contributed by atoms with Crippen LogP contribution in [0, 0.1) is 0 Å². The molecule has 7 heteroatoms. The first kappa shape index (κ1) is 16.9. The molecule has 1 N–H and O–H groups in total. The van der Waals surface area contributed by atoms with Gasteiger partial charge in [-0.25, -0.2) is 9.59 Å². The molecule has 0 spiro atoms. The van der Waals surface area contributed by atoms with E-state index in [1.54, 1.807) is 6.07 Å². The highest BCUT2D eigenvalue weighted by atomic mass is 16.5. The summed E-state index contributed by atoms with van der Waals surface area (Å²) in [7, 11) is 0. The molecule has 1 heterocycles. The van der Waals surface area contributed by atoms with Crippen LogP contribution in [0.5, 0.6) is 0 Å². The zero-order chi connectivity index (χ0) is 17.2. The molecule has 0 bridgehead atoms. The van der Waals surface area contributed by atoms with Gasteiger partial charge in [0.2, 0.25) is 0 Å². The summed E-state index contributed by atoms with van der Waals surface area (Å²) >= 11 is 0. The fraction of sp³-hybridized carbons (Fsp3) is 0.438. The highest BCUT2D eigenvalue weighted by Crippen LogP contribution is 2.30. The molecule has 23 heavy (non-hydrogen) atoms. The number of carbonyl (C=O) groups excluding carboxylic acids is 2. The van der Waals surface area contributed by atoms with Crippen molar-refractivity contribution < 1.29 is 24.2 Å². The molecule has 122 valence electrons. The number of benzene rings is 1. The third-order valence-electron chi connectivity index (χ3n) is 3.36. The molecule has 1 aromatic carbocycles. The van der Waals surface area contributed by atoms with E-state index >= 15 is 0 Å². The molecule has 0 saturated carbocycles. The number of nitrogens with zero attached hydrogens (tertiary/aromatic N) is 2. The number of carboxylic acid groups (broad SMARTS) is 1. The lowest BCUT2D eigenvalue weighted by Gasteiger charge is -2.27. The number of anilines is 1. The smallest absolute Gasteiger partial charge is 0.335 e. The van der Waals surface area contributed by atoms with Gasteiger partial charge < -0.3 is 9.84 Å². The summed E-state index contributed by atoms with van der Waals surface area (Å²) < 4.78 is 5.76. The van der Waals surface area contributed by atoms with Crippen LogP contribution < -0.4 is 5.01 Å². The molecule has 1 aliphatic rings. The van der Waals surface area contributed by atoms with Gasteiger partial charge in [0.15, 0.2) is 0 Å². The number of rotatable bonds is 3. The van der Waals surface area contributed by atoms with Crippen LogP contribution in [0.15, 0.2) is 23.3 Å². The minimum absolute atomic E-state index is 0.0119. The van der Waals surface area contributed by atoms with Crippen molar-refractivity contribution in [2.75, 3.05) is 5.01 Å². The zero-order valence-electron chi connectivity index (χ0n) is 13.2. The van der Waals surface area contributed by atoms with Crippen LogP contribution >= 0.6 is 0 Å². The molecule has 7 nitrogen and oxygen atoms in total. The lowest BCUT2D eigenvalue weighted by atomic mass is 10.0. The number of amides is 1. The lowest BCUT2D eigenvalue weighted by molar-refractivity contribution is -0.140. The molecule has 0 fully saturated rings. The van der Waals surface area contributed by atoms with Crippen LogP contribution in [0.25, 0.3) is 0 Å². The number of isocyanates is 1. The number of aryl methyl sites for hydroxylation is 1. The van der Waals surface area contributed by atoms with Crippen molar-refractivity contribution >= 4 is 23.6 Å². The Kier molecular flexibility index (Phi) is 4.63. The fourth-order valence-electron chi connectivity index (χ4n) is 2.45. The highest BCUT2D eigenvalue weighted by Gasteiger charge is 2.34. The van der Waals surface area contributed by atoms with Crippen molar-refractivity contribution in [2.45, 2.75) is 45.3 Å². The van der Waals surface area contributed by atoms with Crippen molar-refractivity contribution in [3.63, 3.8) is 0 Å². The number of aromatic carboxylic acids is 1. The Morgan fingerprint density at radius 3 is 2.70 bits per heavy atom. The van der Waals surface area contributed by atoms with Crippen LogP contribution in [0.1, 0.15) is 43.1 Å². The maximum absolute atomic E-state index is 12.6. The Morgan fingerprint density at radius 1 is 1.43 bits per heavy atom. The van der Waals surface area contributed by atoms with Gasteiger partial charge in [0.1, 0.15) is 6.10 Å². The number of carboxylic acids is 1. The van der Waals surface area contributed by atoms with Crippen LogP contribution in [-0.2, 0) is 20.7 Å². The molecular weight excluding hydrogens is 300 g/mol. The monoisotopic (exact) mass is 318 g/mol. The summed E-state index contributed by atoms with van der Waals surface area (Å²) in [5.74, 6) is -1.63. The maximum atomic E-state index is 12.6. The SMILES string of the molecule is CC(C)(C)OC1CCc2ccc(C(=O)O)cc2N(N=C=O)C1=O. The topological polar surface area (TPSA) is 96.3 Å². The van der Waals surface area contributed by atoms with Crippen molar-refractivity contribution in [1.29, 1.82) is 0 Å². The molecule has 1 aliphatic heterocycles. The molecule has 0 aliphatic carbocycles. The van der Waals surface area contributed by atoms with Gasteiger partial charge in [-0.15, -0.1) is 0 Å². The second kappa shape index (κ2) is 6.32. The normalized spacial score (nSPS) is 18.0. The number of hydrazone groups is 1. The minimum atomic E-state index is -1.12. The number of hydrogen-bond acceptors (Lipinski definition) is 5. The number of carbonyl (C=O) groups is 2. The van der Waals surface area contributed by atoms with Crippen LogP contribution in [0.4, 0.5) is 5.69 Å². The van der Waals surface area contributed by atoms with Gasteiger partial charge in [-0.1, -0.05) is 11.2 Å². The third kappa shape index (κ3) is 3.83. The van der Waals surface area contributed by atoms with E-state index in [1.165, 1.54) is 18.2 Å². The Balaban J connectivity index is 2.48. The van der Waals surface area contributed by atoms with Crippen molar-refractivity contribution in [1.82, 2.24) is 0 Å². The first-order valence-electron chi connectivity index (χ1n) is 7.19. The molecular formula is C16H18N2O5. The van der Waals surface area contributed by atoms with Crippen molar-refractivity contribution in [3.8, 4) is 0 Å². The standard InChI is InChI=1S/C16H18N2O5/c1-16(2,3)23-13-7-6-10-4-5-11(15(21)22)8-12(10)18(14(13)20)17-9-19/h4-5,8,13H,6-7H2,1-3H3,(H,21,22). The quantitative estimate of drug-likeness (QED) is 0.680. The third-order valence-corrected chi connectivity index (χ3v) is 3.36. The summed E-state index contributed by atoms with van der Waals surface area (Å²) in [6.07, 6.45) is 1.50. The molecule has 0 radical (unpaired) electrons. The van der Waals surface area contributed by atoms with Crippen molar-refractivity contribution in [3.05, 3.63) is 29.3 Å². The van der Waals surface area contributed by atoms with Gasteiger partial charge in [0, 0.05) is 0 Å². The van der Waals surface area contributed by atoms with E-state index in [2.05, 4.69) is 5.10 Å². The summed E-state index contributed by atoms with van der Waals surface area (Å²) in [5, 5.41) is 13.4. The van der Waals surface area contributed by atoms with Gasteiger partial charge in [-0.3, -0.25) is 4.79 Å². The second-order valence-corrected chi connectivity index (χ2v) is 6.25. The van der Waals surface area contributed by atoms with E-state index < -0.39 is 23.6 Å². The summed E-state index contributed by atoms with van der Waals surface area (Å²) in [6.45, 7) is 5.48. The molecule has 0 aromatic heterocycles. The first-order chi connectivity index (χ1) is 10.7. The van der Waals surface area contributed by atoms with E-state index in [9.17, 15) is 14.4 Å². The average Bonchev–Trinajstić information content (AvgIpc) is 2.57. The van der Waals surface area contributed by atoms with Gasteiger partial charge in [0.25, 0.3) is 12.0 Å². The summed E-state index contributed by atoms with van der Waals surface area (Å²) in [4.78, 5) is 34.5. The number of hydrogen-bond donors (Lipinski definition) is 1. The van der Waals surface area contributed by atoms with Gasteiger partial charge in [-0.05, 0) is 51.3 Å². The lowest BCUT2D eigenvalue weighted by Crippen LogP contribution is -2.40. The average molecular weight is 318 g/mol. The summed E-state index contributed by atoms with van der Waals surface area (Å²) in [6, 6.07) is 4.41. The van der Waals surface area contributed by atoms with Gasteiger partial charge in [0.05, 0.1) is 16.9 Å². The second-order valence-electron chi connectivity index (χ2n) is 6.25. The van der Waals surface area contributed by atoms with Gasteiger partial charge in [-0.2, -0.15) is 5.01 Å². The minimum Gasteiger partial charge on any atom is -0.478 e. The largest absolute Gasteiger partial charge is 0.478 e. The Hall–Kier alpha value is -2.50. The van der Waals surface area contributed by atoms with E-state index in [0.717, 1.165) is 10.6 Å². The number of ether oxygens (including phenoxy) is 1. The summed E-state index contributed by atoms with van der Waals surface area (Å²) in [5.41, 5.74) is 0.470. The molecule has 1 atom stereocenters. The fourth-order valence-corrected chi connectivity index (χ4v) is 2.45. The van der Waals surface area contributed by atoms with E-state index in [-0.39, 0.29) is 11.3 Å². The van der Waals surface area contributed by atoms with Crippen molar-refractivity contribution in [2.24, 2.45) is 5.10 Å². The molecule has 1 unspecified atom stereocenters. The number of fused-ring (bicyclic) bond motifs is 1.